The van der Waals surface area contributed by atoms with E-state index in [0.717, 1.165) is 5.56 Å². The fourth-order valence-corrected chi connectivity index (χ4v) is 1.30. The second-order valence-electron chi connectivity index (χ2n) is 4.67. The van der Waals surface area contributed by atoms with Crippen LogP contribution in [-0.4, -0.2) is 29.2 Å². The molecule has 0 bridgehead atoms. The minimum atomic E-state index is -0.328. The highest BCUT2D eigenvalue weighted by Crippen LogP contribution is 2.19. The first-order chi connectivity index (χ1) is 7.36. The molecule has 0 radical (unpaired) electrons. The highest BCUT2D eigenvalue weighted by atomic mass is 19.1. The first-order valence-corrected chi connectivity index (χ1v) is 5.23. The maximum absolute atomic E-state index is 12.9. The highest BCUT2D eigenvalue weighted by molar-refractivity contribution is 5.46. The van der Waals surface area contributed by atoms with Crippen LogP contribution in [0.15, 0.2) is 18.2 Å². The maximum Gasteiger partial charge on any atom is 0.125 e. The van der Waals surface area contributed by atoms with E-state index in [4.69, 9.17) is 5.73 Å². The SMILES string of the molecule is CN(Cc1ccc(F)cc1N)C(C)(C)CO. The summed E-state index contributed by atoms with van der Waals surface area (Å²) < 4.78 is 12.9. The van der Waals surface area contributed by atoms with Gasteiger partial charge in [0.1, 0.15) is 5.82 Å². The van der Waals surface area contributed by atoms with E-state index >= 15 is 0 Å². The van der Waals surface area contributed by atoms with Gasteiger partial charge in [-0.15, -0.1) is 0 Å². The van der Waals surface area contributed by atoms with Crippen LogP contribution < -0.4 is 5.73 Å². The van der Waals surface area contributed by atoms with Crippen LogP contribution in [0.4, 0.5) is 10.1 Å². The van der Waals surface area contributed by atoms with Crippen molar-refractivity contribution in [3.8, 4) is 0 Å². The van der Waals surface area contributed by atoms with Crippen molar-refractivity contribution in [3.63, 3.8) is 0 Å². The number of anilines is 1. The van der Waals surface area contributed by atoms with Gasteiger partial charge >= 0.3 is 0 Å². The fraction of sp³-hybridized carbons (Fsp3) is 0.500. The second kappa shape index (κ2) is 4.80. The van der Waals surface area contributed by atoms with Gasteiger partial charge in [-0.1, -0.05) is 6.07 Å². The molecule has 16 heavy (non-hydrogen) atoms. The number of hydrogen-bond donors (Lipinski definition) is 2. The number of halogens is 1. The predicted octanol–water partition coefficient (Wildman–Crippen LogP) is 1.61. The van der Waals surface area contributed by atoms with Crippen molar-refractivity contribution in [1.29, 1.82) is 0 Å². The molecular formula is C12H19FN2O. The molecule has 0 aliphatic rings. The molecule has 0 spiro atoms. The summed E-state index contributed by atoms with van der Waals surface area (Å²) in [5, 5.41) is 9.22. The monoisotopic (exact) mass is 226 g/mol. The topological polar surface area (TPSA) is 49.5 Å². The summed E-state index contributed by atoms with van der Waals surface area (Å²) in [7, 11) is 1.90. The van der Waals surface area contributed by atoms with E-state index in [9.17, 15) is 9.50 Å². The van der Waals surface area contributed by atoms with E-state index in [-0.39, 0.29) is 18.0 Å². The summed E-state index contributed by atoms with van der Waals surface area (Å²) in [5.41, 5.74) is 6.72. The molecule has 0 saturated heterocycles. The van der Waals surface area contributed by atoms with Gasteiger partial charge in [-0.05, 0) is 38.6 Å². The van der Waals surface area contributed by atoms with Crippen LogP contribution in [0.3, 0.4) is 0 Å². The fourth-order valence-electron chi connectivity index (χ4n) is 1.30. The van der Waals surface area contributed by atoms with Crippen molar-refractivity contribution in [1.82, 2.24) is 4.90 Å². The smallest absolute Gasteiger partial charge is 0.125 e. The average Bonchev–Trinajstić information content (AvgIpc) is 2.22. The Labute approximate surface area is 95.7 Å². The van der Waals surface area contributed by atoms with Crippen LogP contribution in [-0.2, 0) is 6.54 Å². The molecule has 0 atom stereocenters. The van der Waals surface area contributed by atoms with Gasteiger partial charge in [-0.2, -0.15) is 0 Å². The number of aliphatic hydroxyl groups is 1. The zero-order valence-electron chi connectivity index (χ0n) is 10.00. The molecule has 1 aromatic carbocycles. The molecule has 4 heteroatoms. The third-order valence-corrected chi connectivity index (χ3v) is 2.94. The lowest BCUT2D eigenvalue weighted by molar-refractivity contribution is 0.0735. The molecule has 3 nitrogen and oxygen atoms in total. The van der Waals surface area contributed by atoms with Crippen molar-refractivity contribution in [3.05, 3.63) is 29.6 Å². The Morgan fingerprint density at radius 1 is 1.44 bits per heavy atom. The molecule has 0 aliphatic heterocycles. The summed E-state index contributed by atoms with van der Waals surface area (Å²) in [6.45, 7) is 4.52. The number of rotatable bonds is 4. The third kappa shape index (κ3) is 2.93. The van der Waals surface area contributed by atoms with Crippen LogP contribution in [0.25, 0.3) is 0 Å². The molecule has 3 N–H and O–H groups in total. The number of aliphatic hydroxyl groups excluding tert-OH is 1. The Morgan fingerprint density at radius 3 is 2.56 bits per heavy atom. The Balaban J connectivity index is 2.81. The Hall–Kier alpha value is -1.13. The van der Waals surface area contributed by atoms with E-state index in [1.165, 1.54) is 12.1 Å². The molecule has 0 aliphatic carbocycles. The maximum atomic E-state index is 12.9. The molecular weight excluding hydrogens is 207 g/mol. The number of benzene rings is 1. The van der Waals surface area contributed by atoms with E-state index in [1.807, 2.05) is 25.8 Å². The van der Waals surface area contributed by atoms with Crippen LogP contribution >= 0.6 is 0 Å². The average molecular weight is 226 g/mol. The van der Waals surface area contributed by atoms with Gasteiger partial charge in [-0.25, -0.2) is 4.39 Å². The molecule has 0 aromatic heterocycles. The Morgan fingerprint density at radius 2 is 2.06 bits per heavy atom. The number of nitrogen functional groups attached to an aromatic ring is 1. The van der Waals surface area contributed by atoms with Gasteiger partial charge in [0.15, 0.2) is 0 Å². The first-order valence-electron chi connectivity index (χ1n) is 5.23. The molecule has 0 heterocycles. The molecule has 1 rings (SSSR count). The largest absolute Gasteiger partial charge is 0.398 e. The number of nitrogens with two attached hydrogens (primary N) is 1. The van der Waals surface area contributed by atoms with Gasteiger partial charge in [0.2, 0.25) is 0 Å². The standard InChI is InChI=1S/C12H19FN2O/c1-12(2,8-16)15(3)7-9-4-5-10(13)6-11(9)14/h4-6,16H,7-8,14H2,1-3H3. The van der Waals surface area contributed by atoms with E-state index in [1.54, 1.807) is 6.07 Å². The van der Waals surface area contributed by atoms with Crippen molar-refractivity contribution in [2.24, 2.45) is 0 Å². The van der Waals surface area contributed by atoms with Gasteiger partial charge in [0, 0.05) is 17.8 Å². The normalized spacial score (nSPS) is 12.1. The summed E-state index contributed by atoms with van der Waals surface area (Å²) in [4.78, 5) is 1.98. The van der Waals surface area contributed by atoms with Crippen molar-refractivity contribution in [2.45, 2.75) is 25.9 Å². The van der Waals surface area contributed by atoms with Crippen LogP contribution in [0.1, 0.15) is 19.4 Å². The summed E-state index contributed by atoms with van der Waals surface area (Å²) in [6, 6.07) is 4.38. The summed E-state index contributed by atoms with van der Waals surface area (Å²) >= 11 is 0. The molecule has 0 unspecified atom stereocenters. The van der Waals surface area contributed by atoms with Gasteiger partial charge in [0.25, 0.3) is 0 Å². The van der Waals surface area contributed by atoms with Gasteiger partial charge in [-0.3, -0.25) is 4.90 Å². The molecule has 1 aromatic rings. The van der Waals surface area contributed by atoms with Gasteiger partial charge < -0.3 is 10.8 Å². The quantitative estimate of drug-likeness (QED) is 0.767. The zero-order valence-corrected chi connectivity index (χ0v) is 10.00. The van der Waals surface area contributed by atoms with Crippen molar-refractivity contribution < 1.29 is 9.50 Å². The van der Waals surface area contributed by atoms with Gasteiger partial charge in [0.05, 0.1) is 6.61 Å². The molecule has 0 fully saturated rings. The number of hydrogen-bond acceptors (Lipinski definition) is 3. The van der Waals surface area contributed by atoms with Crippen LogP contribution in [0, 0.1) is 5.82 Å². The zero-order chi connectivity index (χ0) is 12.3. The minimum absolute atomic E-state index is 0.0601. The van der Waals surface area contributed by atoms with Crippen molar-refractivity contribution in [2.75, 3.05) is 19.4 Å². The summed E-state index contributed by atoms with van der Waals surface area (Å²) in [6.07, 6.45) is 0. The van der Waals surface area contributed by atoms with Crippen LogP contribution in [0.5, 0.6) is 0 Å². The highest BCUT2D eigenvalue weighted by Gasteiger charge is 2.22. The van der Waals surface area contributed by atoms with E-state index in [2.05, 4.69) is 0 Å². The van der Waals surface area contributed by atoms with E-state index in [0.29, 0.717) is 12.2 Å². The lowest BCUT2D eigenvalue weighted by atomic mass is 10.0. The molecule has 0 saturated carbocycles. The lowest BCUT2D eigenvalue weighted by Crippen LogP contribution is -2.43. The Bertz CT molecular complexity index is 366. The Kier molecular flexibility index (Phi) is 3.88. The summed E-state index contributed by atoms with van der Waals surface area (Å²) in [5.74, 6) is -0.328. The number of nitrogens with zero attached hydrogens (tertiary/aromatic N) is 1. The van der Waals surface area contributed by atoms with Crippen molar-refractivity contribution >= 4 is 5.69 Å². The molecule has 0 amide bonds. The predicted molar refractivity (Wildman–Crippen MR) is 63.4 cm³/mol. The lowest BCUT2D eigenvalue weighted by Gasteiger charge is -2.34. The number of likely N-dealkylation sites (N-methyl/N-ethyl adjacent to an activating group) is 1. The minimum Gasteiger partial charge on any atom is -0.398 e. The third-order valence-electron chi connectivity index (χ3n) is 2.94. The van der Waals surface area contributed by atoms with Crippen LogP contribution in [0.2, 0.25) is 0 Å². The molecule has 90 valence electrons. The first kappa shape index (κ1) is 12.9. The second-order valence-corrected chi connectivity index (χ2v) is 4.67. The van der Waals surface area contributed by atoms with E-state index < -0.39 is 0 Å².